The predicted octanol–water partition coefficient (Wildman–Crippen LogP) is 6.97. The van der Waals surface area contributed by atoms with Gasteiger partial charge in [-0.15, -0.1) is 0 Å². The van der Waals surface area contributed by atoms with Gasteiger partial charge in [0, 0.05) is 0 Å². The summed E-state index contributed by atoms with van der Waals surface area (Å²) in [4.78, 5) is 33.3. The second-order valence-corrected chi connectivity index (χ2v) is 10.4. The van der Waals surface area contributed by atoms with Crippen molar-refractivity contribution in [3.8, 4) is 11.5 Å². The first-order chi connectivity index (χ1) is 19.4. The van der Waals surface area contributed by atoms with Gasteiger partial charge in [-0.1, -0.05) is 66.8 Å². The van der Waals surface area contributed by atoms with Crippen LogP contribution in [-0.4, -0.2) is 35.0 Å². The second kappa shape index (κ2) is 11.8. The van der Waals surface area contributed by atoms with E-state index in [4.69, 9.17) is 14.5 Å². The number of fused-ring (bicyclic) bond motifs is 1. The summed E-state index contributed by atoms with van der Waals surface area (Å²) in [6.07, 6.45) is 3.88. The standard InChI is InChI=1S/C32H30N2O5S/c1-4-17-39-25-16-13-22(19-26(25)38-5-2)29-28(24(35)15-12-21-9-7-6-8-10-21)30(36)31(37)34(29)32-33-23-14-11-20(3)18-27(23)40-32/h6-16,18-19,29,36H,4-5,17H2,1-3H3. The van der Waals surface area contributed by atoms with E-state index in [0.29, 0.717) is 35.4 Å². The van der Waals surface area contributed by atoms with Crippen LogP contribution in [0.5, 0.6) is 11.5 Å². The molecule has 2 heterocycles. The maximum atomic E-state index is 13.6. The highest BCUT2D eigenvalue weighted by molar-refractivity contribution is 7.22. The molecule has 3 aromatic carbocycles. The molecule has 4 aromatic rings. The number of thiazole rings is 1. The van der Waals surface area contributed by atoms with Crippen LogP contribution in [0.25, 0.3) is 16.3 Å². The fraction of sp³-hybridized carbons (Fsp3) is 0.219. The Kier molecular flexibility index (Phi) is 7.98. The minimum atomic E-state index is -0.915. The lowest BCUT2D eigenvalue weighted by atomic mass is 9.95. The molecule has 1 aliphatic heterocycles. The van der Waals surface area contributed by atoms with E-state index >= 15 is 0 Å². The molecule has 0 fully saturated rings. The highest BCUT2D eigenvalue weighted by atomic mass is 32.1. The van der Waals surface area contributed by atoms with Crippen molar-refractivity contribution in [3.63, 3.8) is 0 Å². The molecule has 204 valence electrons. The van der Waals surface area contributed by atoms with E-state index in [1.54, 1.807) is 24.3 Å². The number of carbonyl (C=O) groups excluding carboxylic acids is 2. The number of aryl methyl sites for hydroxylation is 1. The number of anilines is 1. The van der Waals surface area contributed by atoms with E-state index in [1.165, 1.54) is 22.3 Å². The molecule has 7 nitrogen and oxygen atoms in total. The van der Waals surface area contributed by atoms with Crippen molar-refractivity contribution >= 4 is 44.5 Å². The minimum Gasteiger partial charge on any atom is -0.503 e. The monoisotopic (exact) mass is 554 g/mol. The number of benzene rings is 3. The summed E-state index contributed by atoms with van der Waals surface area (Å²) >= 11 is 1.34. The maximum Gasteiger partial charge on any atom is 0.296 e. The van der Waals surface area contributed by atoms with Crippen molar-refractivity contribution in [2.45, 2.75) is 33.2 Å². The summed E-state index contributed by atoms with van der Waals surface area (Å²) in [5.74, 6) is -0.667. The molecule has 0 spiro atoms. The second-order valence-electron chi connectivity index (χ2n) is 9.40. The molecular weight excluding hydrogens is 524 g/mol. The normalized spacial score (nSPS) is 15.4. The average molecular weight is 555 g/mol. The number of hydrogen-bond donors (Lipinski definition) is 1. The van der Waals surface area contributed by atoms with Gasteiger partial charge in [-0.2, -0.15) is 0 Å². The molecule has 0 saturated heterocycles. The SMILES string of the molecule is CCCOc1ccc(C2C(C(=O)C=Cc3ccccc3)=C(O)C(=O)N2c2nc3ccc(C)cc3s2)cc1OCC. The lowest BCUT2D eigenvalue weighted by molar-refractivity contribution is -0.117. The summed E-state index contributed by atoms with van der Waals surface area (Å²) in [6, 6.07) is 19.6. The smallest absolute Gasteiger partial charge is 0.296 e. The van der Waals surface area contributed by atoms with Crippen LogP contribution in [0.15, 0.2) is 84.1 Å². The first-order valence-corrected chi connectivity index (χ1v) is 14.0. The Hall–Kier alpha value is -4.43. The molecule has 0 radical (unpaired) electrons. The van der Waals surface area contributed by atoms with Crippen LogP contribution in [0.3, 0.4) is 0 Å². The molecule has 8 heteroatoms. The highest BCUT2D eigenvalue weighted by Crippen LogP contribution is 2.45. The molecule has 1 aliphatic rings. The van der Waals surface area contributed by atoms with Crippen molar-refractivity contribution in [3.05, 3.63) is 101 Å². The lowest BCUT2D eigenvalue weighted by Gasteiger charge is -2.25. The number of ether oxygens (including phenoxy) is 2. The Morgan fingerprint density at radius 2 is 1.85 bits per heavy atom. The summed E-state index contributed by atoms with van der Waals surface area (Å²) in [6.45, 7) is 6.81. The fourth-order valence-corrected chi connectivity index (χ4v) is 5.70. The van der Waals surface area contributed by atoms with Crippen molar-refractivity contribution in [1.82, 2.24) is 4.98 Å². The zero-order valence-electron chi connectivity index (χ0n) is 22.6. The first-order valence-electron chi connectivity index (χ1n) is 13.2. The Bertz CT molecular complexity index is 1620. The van der Waals surface area contributed by atoms with Crippen molar-refractivity contribution in [1.29, 1.82) is 0 Å². The van der Waals surface area contributed by atoms with Crippen molar-refractivity contribution in [2.24, 2.45) is 0 Å². The Morgan fingerprint density at radius 3 is 2.60 bits per heavy atom. The summed E-state index contributed by atoms with van der Waals surface area (Å²) < 4.78 is 12.6. The number of aliphatic hydroxyl groups is 1. The van der Waals surface area contributed by atoms with Crippen LogP contribution in [0.2, 0.25) is 0 Å². The van der Waals surface area contributed by atoms with Gasteiger partial charge in [0.2, 0.25) is 0 Å². The number of hydrogen-bond acceptors (Lipinski definition) is 7. The van der Waals surface area contributed by atoms with Crippen LogP contribution in [0, 0.1) is 6.92 Å². The third-order valence-corrected chi connectivity index (χ3v) is 7.50. The molecule has 1 N–H and O–H groups in total. The van der Waals surface area contributed by atoms with E-state index < -0.39 is 23.5 Å². The quantitative estimate of drug-likeness (QED) is 0.213. The van der Waals surface area contributed by atoms with Crippen LogP contribution < -0.4 is 14.4 Å². The van der Waals surface area contributed by atoms with E-state index in [0.717, 1.165) is 27.8 Å². The largest absolute Gasteiger partial charge is 0.503 e. The van der Waals surface area contributed by atoms with E-state index in [9.17, 15) is 14.7 Å². The third kappa shape index (κ3) is 5.35. The number of rotatable bonds is 10. The van der Waals surface area contributed by atoms with Gasteiger partial charge in [0.15, 0.2) is 28.2 Å². The summed E-state index contributed by atoms with van der Waals surface area (Å²) in [5, 5.41) is 11.5. The minimum absolute atomic E-state index is 0.0164. The number of amides is 1. The van der Waals surface area contributed by atoms with E-state index in [1.807, 2.05) is 69.3 Å². The molecule has 1 aromatic heterocycles. The van der Waals surface area contributed by atoms with Crippen molar-refractivity contribution in [2.75, 3.05) is 18.1 Å². The van der Waals surface area contributed by atoms with Crippen LogP contribution in [-0.2, 0) is 9.59 Å². The average Bonchev–Trinajstić information content (AvgIpc) is 3.49. The molecule has 0 bridgehead atoms. The Morgan fingerprint density at radius 1 is 1.05 bits per heavy atom. The zero-order chi connectivity index (χ0) is 28.2. The Balaban J connectivity index is 1.62. The van der Waals surface area contributed by atoms with Gasteiger partial charge in [-0.05, 0) is 67.3 Å². The van der Waals surface area contributed by atoms with Crippen LogP contribution >= 0.6 is 11.3 Å². The number of aliphatic hydroxyl groups excluding tert-OH is 1. The molecular formula is C32H30N2O5S. The number of carbonyl (C=O) groups is 2. The topological polar surface area (TPSA) is 89.0 Å². The van der Waals surface area contributed by atoms with Gasteiger partial charge in [0.05, 0.1) is 35.0 Å². The molecule has 5 rings (SSSR count). The summed E-state index contributed by atoms with van der Waals surface area (Å²) in [5.41, 5.74) is 3.21. The predicted molar refractivity (Wildman–Crippen MR) is 158 cm³/mol. The summed E-state index contributed by atoms with van der Waals surface area (Å²) in [7, 11) is 0. The van der Waals surface area contributed by atoms with Crippen LogP contribution in [0.1, 0.15) is 43.0 Å². The number of aromatic nitrogens is 1. The Labute approximate surface area is 237 Å². The molecule has 0 aliphatic carbocycles. The van der Waals surface area contributed by atoms with Gasteiger partial charge < -0.3 is 14.6 Å². The van der Waals surface area contributed by atoms with Gasteiger partial charge in [-0.25, -0.2) is 4.98 Å². The molecule has 0 saturated carbocycles. The number of ketones is 1. The molecule has 1 unspecified atom stereocenters. The maximum absolute atomic E-state index is 13.6. The van der Waals surface area contributed by atoms with Crippen molar-refractivity contribution < 1.29 is 24.2 Å². The third-order valence-electron chi connectivity index (χ3n) is 6.48. The van der Waals surface area contributed by atoms with Gasteiger partial charge in [0.1, 0.15) is 0 Å². The molecule has 1 atom stereocenters. The van der Waals surface area contributed by atoms with Gasteiger partial charge >= 0.3 is 0 Å². The van der Waals surface area contributed by atoms with E-state index in [2.05, 4.69) is 0 Å². The van der Waals surface area contributed by atoms with Gasteiger partial charge in [0.25, 0.3) is 5.91 Å². The van der Waals surface area contributed by atoms with Gasteiger partial charge in [-0.3, -0.25) is 14.5 Å². The van der Waals surface area contributed by atoms with E-state index in [-0.39, 0.29) is 5.57 Å². The zero-order valence-corrected chi connectivity index (χ0v) is 23.4. The van der Waals surface area contributed by atoms with Crippen LogP contribution in [0.4, 0.5) is 5.13 Å². The molecule has 1 amide bonds. The number of nitrogens with zero attached hydrogens (tertiary/aromatic N) is 2. The molecule has 40 heavy (non-hydrogen) atoms. The lowest BCUT2D eigenvalue weighted by Crippen LogP contribution is -2.30. The number of allylic oxidation sites excluding steroid dienone is 1. The first kappa shape index (κ1) is 27.1. The fourth-order valence-electron chi connectivity index (χ4n) is 4.61. The highest BCUT2D eigenvalue weighted by Gasteiger charge is 2.45.